The van der Waals surface area contributed by atoms with Gasteiger partial charge < -0.3 is 9.47 Å². The fraction of sp³-hybridized carbons (Fsp3) is 0.154. The maximum absolute atomic E-state index is 11.1. The average Bonchev–Trinajstić information content (AvgIpc) is 2.45. The first-order valence-electron chi connectivity index (χ1n) is 5.66. The largest absolute Gasteiger partial charge is 0.487 e. The van der Waals surface area contributed by atoms with Crippen LogP contribution in [0.2, 0.25) is 0 Å². The molecule has 2 rings (SSSR count). The molecule has 0 atom stereocenters. The number of pyridine rings is 1. The maximum atomic E-state index is 11.1. The standard InChI is InChI=1S/C13H12ClNO4S/c1-18-13-4-2-3-10(15-13)9-19-11-5-7-12(8-6-11)20(14,16)17/h2-8H,9H2,1H3. The van der Waals surface area contributed by atoms with Crippen LogP contribution in [0.1, 0.15) is 5.69 Å². The van der Waals surface area contributed by atoms with E-state index in [0.29, 0.717) is 17.3 Å². The second kappa shape index (κ2) is 6.11. The van der Waals surface area contributed by atoms with Crippen molar-refractivity contribution in [1.29, 1.82) is 0 Å². The van der Waals surface area contributed by atoms with Gasteiger partial charge in [-0.25, -0.2) is 13.4 Å². The molecule has 2 aromatic rings. The third-order valence-corrected chi connectivity index (χ3v) is 3.85. The Hall–Kier alpha value is -1.79. The Kier molecular flexibility index (Phi) is 4.46. The monoisotopic (exact) mass is 313 g/mol. The number of aromatic nitrogens is 1. The van der Waals surface area contributed by atoms with Gasteiger partial charge in [0.2, 0.25) is 5.88 Å². The van der Waals surface area contributed by atoms with Crippen LogP contribution in [-0.4, -0.2) is 20.5 Å². The molecule has 0 aliphatic heterocycles. The van der Waals surface area contributed by atoms with Crippen LogP contribution in [0.4, 0.5) is 0 Å². The van der Waals surface area contributed by atoms with Gasteiger partial charge in [-0.3, -0.25) is 0 Å². The summed E-state index contributed by atoms with van der Waals surface area (Å²) >= 11 is 0. The van der Waals surface area contributed by atoms with Crippen molar-refractivity contribution in [2.45, 2.75) is 11.5 Å². The molecule has 0 aliphatic rings. The van der Waals surface area contributed by atoms with Gasteiger partial charge in [-0.2, -0.15) is 0 Å². The molecule has 5 nitrogen and oxygen atoms in total. The zero-order valence-corrected chi connectivity index (χ0v) is 12.2. The smallest absolute Gasteiger partial charge is 0.261 e. The summed E-state index contributed by atoms with van der Waals surface area (Å²) in [7, 11) is 3.06. The molecule has 0 amide bonds. The summed E-state index contributed by atoms with van der Waals surface area (Å²) in [5.41, 5.74) is 0.707. The van der Waals surface area contributed by atoms with E-state index in [1.54, 1.807) is 12.1 Å². The highest BCUT2D eigenvalue weighted by Gasteiger charge is 2.09. The van der Waals surface area contributed by atoms with Crippen molar-refractivity contribution < 1.29 is 17.9 Å². The van der Waals surface area contributed by atoms with E-state index in [4.69, 9.17) is 20.2 Å². The van der Waals surface area contributed by atoms with E-state index in [2.05, 4.69) is 4.98 Å². The van der Waals surface area contributed by atoms with Gasteiger partial charge in [0.25, 0.3) is 9.05 Å². The first-order chi connectivity index (χ1) is 9.49. The molecule has 0 radical (unpaired) electrons. The summed E-state index contributed by atoms with van der Waals surface area (Å²) in [6.45, 7) is 0.254. The van der Waals surface area contributed by atoms with Gasteiger partial charge in [0.15, 0.2) is 0 Å². The lowest BCUT2D eigenvalue weighted by atomic mass is 10.3. The Balaban J connectivity index is 2.04. The van der Waals surface area contributed by atoms with Crippen LogP contribution in [-0.2, 0) is 15.7 Å². The van der Waals surface area contributed by atoms with Crippen LogP contribution in [0.15, 0.2) is 47.4 Å². The number of halogens is 1. The van der Waals surface area contributed by atoms with Gasteiger partial charge >= 0.3 is 0 Å². The Labute approximate surface area is 121 Å². The van der Waals surface area contributed by atoms with Crippen molar-refractivity contribution in [3.63, 3.8) is 0 Å². The number of ether oxygens (including phenoxy) is 2. The fourth-order valence-electron chi connectivity index (χ4n) is 1.51. The van der Waals surface area contributed by atoms with Crippen molar-refractivity contribution in [2.24, 2.45) is 0 Å². The molecule has 106 valence electrons. The van der Waals surface area contributed by atoms with Crippen LogP contribution < -0.4 is 9.47 Å². The zero-order chi connectivity index (χ0) is 14.6. The summed E-state index contributed by atoms with van der Waals surface area (Å²) in [5.74, 6) is 1.04. The summed E-state index contributed by atoms with van der Waals surface area (Å²) in [5, 5.41) is 0. The summed E-state index contributed by atoms with van der Waals surface area (Å²) in [4.78, 5) is 4.23. The molecule has 0 fully saturated rings. The Morgan fingerprint density at radius 1 is 1.15 bits per heavy atom. The predicted molar refractivity (Wildman–Crippen MR) is 74.6 cm³/mol. The summed E-state index contributed by atoms with van der Waals surface area (Å²) < 4.78 is 32.7. The first-order valence-corrected chi connectivity index (χ1v) is 7.97. The van der Waals surface area contributed by atoms with E-state index in [-0.39, 0.29) is 11.5 Å². The van der Waals surface area contributed by atoms with Crippen molar-refractivity contribution >= 4 is 19.7 Å². The highest BCUT2D eigenvalue weighted by molar-refractivity contribution is 8.13. The van der Waals surface area contributed by atoms with Crippen molar-refractivity contribution in [2.75, 3.05) is 7.11 Å². The molecule has 0 bridgehead atoms. The van der Waals surface area contributed by atoms with Gasteiger partial charge in [0.1, 0.15) is 12.4 Å². The number of rotatable bonds is 5. The minimum Gasteiger partial charge on any atom is -0.487 e. The lowest BCUT2D eigenvalue weighted by Gasteiger charge is -2.07. The number of hydrogen-bond donors (Lipinski definition) is 0. The molecule has 0 spiro atoms. The van der Waals surface area contributed by atoms with Gasteiger partial charge in [0.05, 0.1) is 17.7 Å². The molecule has 1 heterocycles. The third kappa shape index (κ3) is 3.85. The Morgan fingerprint density at radius 2 is 1.85 bits per heavy atom. The molecule has 0 saturated heterocycles. The van der Waals surface area contributed by atoms with E-state index >= 15 is 0 Å². The second-order valence-corrected chi connectivity index (χ2v) is 6.44. The van der Waals surface area contributed by atoms with Crippen molar-refractivity contribution in [1.82, 2.24) is 4.98 Å². The van der Waals surface area contributed by atoms with E-state index in [1.807, 2.05) is 6.07 Å². The average molecular weight is 314 g/mol. The van der Waals surface area contributed by atoms with E-state index in [1.165, 1.54) is 31.4 Å². The summed E-state index contributed by atoms with van der Waals surface area (Å²) in [6, 6.07) is 11.2. The molecular weight excluding hydrogens is 302 g/mol. The molecule has 1 aromatic carbocycles. The maximum Gasteiger partial charge on any atom is 0.261 e. The minimum atomic E-state index is -3.71. The molecule has 0 saturated carbocycles. The highest BCUT2D eigenvalue weighted by Crippen LogP contribution is 2.19. The molecule has 0 aliphatic carbocycles. The van der Waals surface area contributed by atoms with Crippen LogP contribution in [0.3, 0.4) is 0 Å². The molecule has 0 unspecified atom stereocenters. The zero-order valence-electron chi connectivity index (χ0n) is 10.6. The van der Waals surface area contributed by atoms with Gasteiger partial charge in [-0.15, -0.1) is 0 Å². The van der Waals surface area contributed by atoms with Crippen LogP contribution >= 0.6 is 10.7 Å². The molecule has 20 heavy (non-hydrogen) atoms. The minimum absolute atomic E-state index is 0.0334. The van der Waals surface area contributed by atoms with E-state index < -0.39 is 9.05 Å². The summed E-state index contributed by atoms with van der Waals surface area (Å²) in [6.07, 6.45) is 0. The predicted octanol–water partition coefficient (Wildman–Crippen LogP) is 2.60. The number of nitrogens with zero attached hydrogens (tertiary/aromatic N) is 1. The van der Waals surface area contributed by atoms with Gasteiger partial charge in [0, 0.05) is 16.7 Å². The van der Waals surface area contributed by atoms with Crippen LogP contribution in [0.5, 0.6) is 11.6 Å². The normalized spacial score (nSPS) is 11.1. The van der Waals surface area contributed by atoms with E-state index in [9.17, 15) is 8.42 Å². The van der Waals surface area contributed by atoms with Gasteiger partial charge in [-0.1, -0.05) is 6.07 Å². The van der Waals surface area contributed by atoms with E-state index in [0.717, 1.165) is 0 Å². The Bertz CT molecular complexity index is 686. The third-order valence-electron chi connectivity index (χ3n) is 2.48. The fourth-order valence-corrected chi connectivity index (χ4v) is 2.28. The molecule has 0 N–H and O–H groups in total. The quantitative estimate of drug-likeness (QED) is 0.794. The number of benzene rings is 1. The first kappa shape index (κ1) is 14.6. The number of hydrogen-bond acceptors (Lipinski definition) is 5. The molecular formula is C13H12ClNO4S. The second-order valence-electron chi connectivity index (χ2n) is 3.87. The highest BCUT2D eigenvalue weighted by atomic mass is 35.7. The van der Waals surface area contributed by atoms with Crippen molar-refractivity contribution in [3.8, 4) is 11.6 Å². The van der Waals surface area contributed by atoms with Crippen LogP contribution in [0, 0.1) is 0 Å². The molecule has 7 heteroatoms. The lowest BCUT2D eigenvalue weighted by Crippen LogP contribution is -1.99. The lowest BCUT2D eigenvalue weighted by molar-refractivity contribution is 0.298. The topological polar surface area (TPSA) is 65.5 Å². The Morgan fingerprint density at radius 3 is 2.45 bits per heavy atom. The van der Waals surface area contributed by atoms with Crippen LogP contribution in [0.25, 0.3) is 0 Å². The number of methoxy groups -OCH3 is 1. The van der Waals surface area contributed by atoms with Crippen molar-refractivity contribution in [3.05, 3.63) is 48.2 Å². The molecule has 1 aromatic heterocycles. The van der Waals surface area contributed by atoms with Gasteiger partial charge in [-0.05, 0) is 30.3 Å². The SMILES string of the molecule is COc1cccc(COc2ccc(S(=O)(=O)Cl)cc2)n1.